The van der Waals surface area contributed by atoms with Gasteiger partial charge in [-0.3, -0.25) is 0 Å². The van der Waals surface area contributed by atoms with E-state index in [0.29, 0.717) is 6.04 Å². The molecule has 120 valence electrons. The van der Waals surface area contributed by atoms with Crippen LogP contribution in [0.1, 0.15) is 71.4 Å². The van der Waals surface area contributed by atoms with Crippen molar-refractivity contribution in [3.05, 3.63) is 29.8 Å². The number of benzene rings is 1. The van der Waals surface area contributed by atoms with Gasteiger partial charge in [0.15, 0.2) is 0 Å². The Labute approximate surface area is 131 Å². The minimum Gasteiger partial charge on any atom is -0.372 e. The van der Waals surface area contributed by atoms with Gasteiger partial charge in [0.1, 0.15) is 0 Å². The van der Waals surface area contributed by atoms with Gasteiger partial charge in [-0.25, -0.2) is 0 Å². The van der Waals surface area contributed by atoms with E-state index in [0.717, 1.165) is 6.54 Å². The molecule has 2 nitrogen and oxygen atoms in total. The molecule has 0 heterocycles. The summed E-state index contributed by atoms with van der Waals surface area (Å²) in [5.41, 5.74) is 2.77. The van der Waals surface area contributed by atoms with E-state index in [1.807, 2.05) is 0 Å². The minimum atomic E-state index is 0.443. The van der Waals surface area contributed by atoms with Crippen molar-refractivity contribution in [2.75, 3.05) is 24.5 Å². The first-order chi connectivity index (χ1) is 10.2. The van der Waals surface area contributed by atoms with E-state index < -0.39 is 0 Å². The molecule has 0 saturated heterocycles. The van der Waals surface area contributed by atoms with Crippen molar-refractivity contribution in [2.45, 2.75) is 65.8 Å². The molecule has 1 unspecified atom stereocenters. The lowest BCUT2D eigenvalue weighted by Gasteiger charge is -2.25. The third kappa shape index (κ3) is 6.52. The quantitative estimate of drug-likeness (QED) is 0.606. The molecule has 2 heteroatoms. The number of nitrogens with one attached hydrogen (secondary N) is 1. The maximum Gasteiger partial charge on any atom is 0.0366 e. The van der Waals surface area contributed by atoms with Crippen LogP contribution in [0.5, 0.6) is 0 Å². The van der Waals surface area contributed by atoms with E-state index >= 15 is 0 Å². The molecule has 0 radical (unpaired) electrons. The molecule has 0 amide bonds. The zero-order valence-electron chi connectivity index (χ0n) is 14.5. The van der Waals surface area contributed by atoms with Crippen LogP contribution in [0.15, 0.2) is 24.3 Å². The molecular weight excluding hydrogens is 256 g/mol. The van der Waals surface area contributed by atoms with Crippen LogP contribution in [0.4, 0.5) is 5.69 Å². The van der Waals surface area contributed by atoms with Gasteiger partial charge in [0.05, 0.1) is 0 Å². The lowest BCUT2D eigenvalue weighted by molar-refractivity contribution is 0.570. The van der Waals surface area contributed by atoms with Gasteiger partial charge in [0.2, 0.25) is 0 Å². The predicted molar refractivity (Wildman–Crippen MR) is 95.2 cm³/mol. The second-order valence-corrected chi connectivity index (χ2v) is 5.96. The molecule has 0 bridgehead atoms. The van der Waals surface area contributed by atoms with Crippen molar-refractivity contribution in [1.29, 1.82) is 0 Å². The van der Waals surface area contributed by atoms with Crippen molar-refractivity contribution in [2.24, 2.45) is 0 Å². The topological polar surface area (TPSA) is 15.3 Å². The molecule has 1 rings (SSSR count). The average molecular weight is 290 g/mol. The van der Waals surface area contributed by atoms with Crippen LogP contribution in [-0.2, 0) is 0 Å². The third-order valence-electron chi connectivity index (χ3n) is 4.02. The highest BCUT2D eigenvalue weighted by Gasteiger charge is 2.08. The number of hydrogen-bond acceptors (Lipinski definition) is 2. The highest BCUT2D eigenvalue weighted by atomic mass is 15.1. The Balaban J connectivity index is 2.67. The Morgan fingerprint density at radius 1 is 0.905 bits per heavy atom. The number of rotatable bonds is 11. The summed E-state index contributed by atoms with van der Waals surface area (Å²) in [6.45, 7) is 12.4. The Hall–Kier alpha value is -1.02. The minimum absolute atomic E-state index is 0.443. The molecule has 0 saturated carbocycles. The van der Waals surface area contributed by atoms with E-state index in [4.69, 9.17) is 0 Å². The highest BCUT2D eigenvalue weighted by molar-refractivity contribution is 5.48. The first kappa shape index (κ1) is 18.0. The number of unbranched alkanes of at least 4 members (excludes halogenated alkanes) is 2. The molecule has 0 aliphatic carbocycles. The Kier molecular flexibility index (Phi) is 9.16. The third-order valence-corrected chi connectivity index (χ3v) is 4.02. The SMILES string of the molecule is CCCCN(CCCC)c1ccc(C(C)NCCC)cc1. The molecule has 0 aliphatic rings. The van der Waals surface area contributed by atoms with Gasteiger partial charge in [0.25, 0.3) is 0 Å². The van der Waals surface area contributed by atoms with Crippen LogP contribution < -0.4 is 10.2 Å². The fraction of sp³-hybridized carbons (Fsp3) is 0.684. The summed E-state index contributed by atoms with van der Waals surface area (Å²) in [4.78, 5) is 2.54. The fourth-order valence-corrected chi connectivity index (χ4v) is 2.52. The van der Waals surface area contributed by atoms with Crippen molar-refractivity contribution in [1.82, 2.24) is 5.32 Å². The van der Waals surface area contributed by atoms with Crippen LogP contribution in [0, 0.1) is 0 Å². The summed E-state index contributed by atoms with van der Waals surface area (Å²) in [5.74, 6) is 0. The van der Waals surface area contributed by atoms with E-state index in [-0.39, 0.29) is 0 Å². The molecule has 0 fully saturated rings. The van der Waals surface area contributed by atoms with E-state index in [1.165, 1.54) is 56.4 Å². The Morgan fingerprint density at radius 3 is 1.95 bits per heavy atom. The predicted octanol–water partition coefficient (Wildman–Crippen LogP) is 5.15. The monoisotopic (exact) mass is 290 g/mol. The number of hydrogen-bond donors (Lipinski definition) is 1. The summed E-state index contributed by atoms with van der Waals surface area (Å²) < 4.78 is 0. The summed E-state index contributed by atoms with van der Waals surface area (Å²) in [5, 5.41) is 3.55. The summed E-state index contributed by atoms with van der Waals surface area (Å²) in [6.07, 6.45) is 6.27. The maximum atomic E-state index is 3.55. The summed E-state index contributed by atoms with van der Waals surface area (Å²) >= 11 is 0. The smallest absolute Gasteiger partial charge is 0.0366 e. The molecular formula is C19H34N2. The lowest BCUT2D eigenvalue weighted by atomic mass is 10.1. The van der Waals surface area contributed by atoms with Crippen molar-refractivity contribution in [3.63, 3.8) is 0 Å². The van der Waals surface area contributed by atoms with Crippen LogP contribution in [-0.4, -0.2) is 19.6 Å². The van der Waals surface area contributed by atoms with Gasteiger partial charge in [-0.2, -0.15) is 0 Å². The van der Waals surface area contributed by atoms with Crippen LogP contribution >= 0.6 is 0 Å². The molecule has 1 aromatic carbocycles. The number of nitrogens with zero attached hydrogens (tertiary/aromatic N) is 1. The molecule has 1 atom stereocenters. The van der Waals surface area contributed by atoms with Gasteiger partial charge in [-0.15, -0.1) is 0 Å². The standard InChI is InChI=1S/C19H34N2/c1-5-8-15-21(16-9-6-2)19-12-10-18(11-13-19)17(4)20-14-7-3/h10-13,17,20H,5-9,14-16H2,1-4H3. The average Bonchev–Trinajstić information content (AvgIpc) is 2.53. The molecule has 21 heavy (non-hydrogen) atoms. The van der Waals surface area contributed by atoms with Gasteiger partial charge < -0.3 is 10.2 Å². The molecule has 0 spiro atoms. The second kappa shape index (κ2) is 10.7. The Bertz CT molecular complexity index is 350. The molecule has 0 aliphatic heterocycles. The summed E-state index contributed by atoms with van der Waals surface area (Å²) in [7, 11) is 0. The largest absolute Gasteiger partial charge is 0.372 e. The van der Waals surface area contributed by atoms with E-state index in [1.54, 1.807) is 0 Å². The molecule has 1 N–H and O–H groups in total. The fourth-order valence-electron chi connectivity index (χ4n) is 2.52. The van der Waals surface area contributed by atoms with Crippen molar-refractivity contribution in [3.8, 4) is 0 Å². The van der Waals surface area contributed by atoms with Gasteiger partial charge in [-0.05, 0) is 50.4 Å². The van der Waals surface area contributed by atoms with Crippen LogP contribution in [0.3, 0.4) is 0 Å². The van der Waals surface area contributed by atoms with Gasteiger partial charge in [0, 0.05) is 24.8 Å². The van der Waals surface area contributed by atoms with Crippen molar-refractivity contribution >= 4 is 5.69 Å². The maximum absolute atomic E-state index is 3.55. The first-order valence-corrected chi connectivity index (χ1v) is 8.81. The van der Waals surface area contributed by atoms with Crippen LogP contribution in [0.2, 0.25) is 0 Å². The van der Waals surface area contributed by atoms with Crippen molar-refractivity contribution < 1.29 is 0 Å². The molecule has 0 aromatic heterocycles. The zero-order valence-corrected chi connectivity index (χ0v) is 14.5. The van der Waals surface area contributed by atoms with Crippen LogP contribution in [0.25, 0.3) is 0 Å². The van der Waals surface area contributed by atoms with Gasteiger partial charge in [-0.1, -0.05) is 45.7 Å². The zero-order chi connectivity index (χ0) is 15.5. The lowest BCUT2D eigenvalue weighted by Crippen LogP contribution is -2.25. The van der Waals surface area contributed by atoms with E-state index in [2.05, 4.69) is 62.2 Å². The van der Waals surface area contributed by atoms with E-state index in [9.17, 15) is 0 Å². The number of anilines is 1. The normalized spacial score (nSPS) is 12.4. The highest BCUT2D eigenvalue weighted by Crippen LogP contribution is 2.20. The van der Waals surface area contributed by atoms with Gasteiger partial charge >= 0.3 is 0 Å². The first-order valence-electron chi connectivity index (χ1n) is 8.81. The Morgan fingerprint density at radius 2 is 1.48 bits per heavy atom. The second-order valence-electron chi connectivity index (χ2n) is 5.96. The summed E-state index contributed by atoms with van der Waals surface area (Å²) in [6, 6.07) is 9.61. The molecule has 1 aromatic rings.